The third-order valence-corrected chi connectivity index (χ3v) is 4.24. The van der Waals surface area contributed by atoms with Crippen molar-refractivity contribution in [2.45, 2.75) is 11.6 Å². The van der Waals surface area contributed by atoms with Gasteiger partial charge in [-0.3, -0.25) is 0 Å². The Morgan fingerprint density at radius 3 is 2.52 bits per heavy atom. The van der Waals surface area contributed by atoms with Crippen LogP contribution >= 0.6 is 11.8 Å². The summed E-state index contributed by atoms with van der Waals surface area (Å²) in [6.45, 7) is 0. The molecule has 23 heavy (non-hydrogen) atoms. The van der Waals surface area contributed by atoms with E-state index in [4.69, 9.17) is 4.74 Å². The van der Waals surface area contributed by atoms with Gasteiger partial charge in [-0.15, -0.1) is 5.10 Å². The number of phenolic OH excluding ortho intramolecular Hbond substituents is 1. The van der Waals surface area contributed by atoms with Crippen LogP contribution in [0, 0.1) is 0 Å². The minimum atomic E-state index is 0.218. The summed E-state index contributed by atoms with van der Waals surface area (Å²) in [7, 11) is 1.66. The summed E-state index contributed by atoms with van der Waals surface area (Å²) < 4.78 is 6.82. The number of phenols is 1. The van der Waals surface area contributed by atoms with Gasteiger partial charge in [-0.25, -0.2) is 0 Å². The Balaban J connectivity index is 1.62. The Hall–Kier alpha value is -2.54. The maximum absolute atomic E-state index is 9.35. The molecule has 0 spiro atoms. The predicted octanol–water partition coefficient (Wildman–Crippen LogP) is 2.71. The molecular weight excluding hydrogens is 312 g/mol. The standard InChI is InChI=1S/C16H16N4O2S/c1-22-15-8-2-12(3-9-15)10-11-23-16-17-18-19-20(16)13-4-6-14(21)7-5-13/h2-9,21H,10-11H2,1H3. The Morgan fingerprint density at radius 1 is 1.09 bits per heavy atom. The van der Waals surface area contributed by atoms with E-state index in [9.17, 15) is 5.11 Å². The second kappa shape index (κ2) is 7.15. The average Bonchev–Trinajstić information content (AvgIpc) is 3.05. The van der Waals surface area contributed by atoms with Crippen LogP contribution in [0.5, 0.6) is 11.5 Å². The molecule has 0 aliphatic carbocycles. The molecule has 6 nitrogen and oxygen atoms in total. The number of hydrogen-bond acceptors (Lipinski definition) is 6. The topological polar surface area (TPSA) is 73.1 Å². The number of nitrogens with zero attached hydrogens (tertiary/aromatic N) is 4. The number of aromatic nitrogens is 4. The van der Waals surface area contributed by atoms with Crippen molar-refractivity contribution in [3.05, 3.63) is 54.1 Å². The largest absolute Gasteiger partial charge is 0.508 e. The normalized spacial score (nSPS) is 10.7. The second-order valence-electron chi connectivity index (χ2n) is 4.84. The number of rotatable bonds is 6. The van der Waals surface area contributed by atoms with E-state index in [0.29, 0.717) is 0 Å². The molecular formula is C16H16N4O2S. The third-order valence-electron chi connectivity index (χ3n) is 3.32. The van der Waals surface area contributed by atoms with Crippen molar-refractivity contribution in [2.24, 2.45) is 0 Å². The first-order chi connectivity index (χ1) is 11.3. The fourth-order valence-corrected chi connectivity index (χ4v) is 2.96. The van der Waals surface area contributed by atoms with Gasteiger partial charge in [0.05, 0.1) is 12.8 Å². The van der Waals surface area contributed by atoms with E-state index in [1.807, 2.05) is 12.1 Å². The van der Waals surface area contributed by atoms with Crippen molar-refractivity contribution < 1.29 is 9.84 Å². The first-order valence-electron chi connectivity index (χ1n) is 7.10. The summed E-state index contributed by atoms with van der Waals surface area (Å²) in [5, 5.41) is 21.9. The van der Waals surface area contributed by atoms with Gasteiger partial charge in [0.25, 0.3) is 0 Å². The molecule has 2 aromatic carbocycles. The van der Waals surface area contributed by atoms with Crippen LogP contribution in [0.25, 0.3) is 5.69 Å². The highest BCUT2D eigenvalue weighted by Crippen LogP contribution is 2.21. The molecule has 1 aromatic heterocycles. The molecule has 1 N–H and O–H groups in total. The number of aryl methyl sites for hydroxylation is 1. The van der Waals surface area contributed by atoms with Crippen LogP contribution in [0.15, 0.2) is 53.7 Å². The smallest absolute Gasteiger partial charge is 0.214 e. The van der Waals surface area contributed by atoms with Crippen LogP contribution in [0.3, 0.4) is 0 Å². The van der Waals surface area contributed by atoms with Crippen molar-refractivity contribution in [1.82, 2.24) is 20.2 Å². The van der Waals surface area contributed by atoms with E-state index in [1.54, 1.807) is 47.8 Å². The quantitative estimate of drug-likeness (QED) is 0.701. The third kappa shape index (κ3) is 3.81. The first kappa shape index (κ1) is 15.4. The maximum Gasteiger partial charge on any atom is 0.214 e. The summed E-state index contributed by atoms with van der Waals surface area (Å²) >= 11 is 1.59. The second-order valence-corrected chi connectivity index (χ2v) is 5.90. The maximum atomic E-state index is 9.35. The molecule has 1 heterocycles. The summed E-state index contributed by atoms with van der Waals surface area (Å²) in [6, 6.07) is 14.8. The van der Waals surface area contributed by atoms with E-state index in [2.05, 4.69) is 27.7 Å². The van der Waals surface area contributed by atoms with Crippen LogP contribution < -0.4 is 4.74 Å². The Labute approximate surface area is 138 Å². The Bertz CT molecular complexity index is 757. The first-order valence-corrected chi connectivity index (χ1v) is 8.08. The zero-order valence-electron chi connectivity index (χ0n) is 12.6. The van der Waals surface area contributed by atoms with E-state index in [0.717, 1.165) is 28.8 Å². The average molecular weight is 328 g/mol. The van der Waals surface area contributed by atoms with Gasteiger partial charge in [0.15, 0.2) is 0 Å². The van der Waals surface area contributed by atoms with Gasteiger partial charge >= 0.3 is 0 Å². The lowest BCUT2D eigenvalue weighted by Gasteiger charge is -2.05. The summed E-state index contributed by atoms with van der Waals surface area (Å²) in [6.07, 6.45) is 0.914. The summed E-state index contributed by atoms with van der Waals surface area (Å²) in [4.78, 5) is 0. The molecule has 3 aromatic rings. The highest BCUT2D eigenvalue weighted by atomic mass is 32.2. The highest BCUT2D eigenvalue weighted by molar-refractivity contribution is 7.99. The highest BCUT2D eigenvalue weighted by Gasteiger charge is 2.09. The molecule has 0 aliphatic heterocycles. The number of thioether (sulfide) groups is 1. The zero-order valence-corrected chi connectivity index (χ0v) is 13.4. The molecule has 0 atom stereocenters. The van der Waals surface area contributed by atoms with Crippen LogP contribution in [-0.4, -0.2) is 38.2 Å². The zero-order chi connectivity index (χ0) is 16.1. The minimum Gasteiger partial charge on any atom is -0.508 e. The molecule has 118 valence electrons. The fraction of sp³-hybridized carbons (Fsp3) is 0.188. The van der Waals surface area contributed by atoms with Crippen molar-refractivity contribution in [3.63, 3.8) is 0 Å². The Kier molecular flexibility index (Phi) is 4.77. The van der Waals surface area contributed by atoms with Gasteiger partial charge in [0.2, 0.25) is 5.16 Å². The number of methoxy groups -OCH3 is 1. The van der Waals surface area contributed by atoms with Gasteiger partial charge in [-0.1, -0.05) is 23.9 Å². The summed E-state index contributed by atoms with van der Waals surface area (Å²) in [5.74, 6) is 1.94. The summed E-state index contributed by atoms with van der Waals surface area (Å²) in [5.41, 5.74) is 2.06. The fourth-order valence-electron chi connectivity index (χ4n) is 2.08. The molecule has 0 radical (unpaired) electrons. The molecule has 7 heteroatoms. The monoisotopic (exact) mass is 328 g/mol. The van der Waals surface area contributed by atoms with Gasteiger partial charge in [0, 0.05) is 5.75 Å². The lowest BCUT2D eigenvalue weighted by Crippen LogP contribution is -1.99. The lowest BCUT2D eigenvalue weighted by atomic mass is 10.2. The molecule has 0 aliphatic rings. The SMILES string of the molecule is COc1ccc(CCSc2nnnn2-c2ccc(O)cc2)cc1. The van der Waals surface area contributed by atoms with E-state index >= 15 is 0 Å². The van der Waals surface area contributed by atoms with Gasteiger partial charge in [-0.2, -0.15) is 4.68 Å². The van der Waals surface area contributed by atoms with E-state index < -0.39 is 0 Å². The number of aromatic hydroxyl groups is 1. The molecule has 0 bridgehead atoms. The molecule has 0 fully saturated rings. The minimum absolute atomic E-state index is 0.218. The van der Waals surface area contributed by atoms with Gasteiger partial charge in [0.1, 0.15) is 11.5 Å². The van der Waals surface area contributed by atoms with Crippen LogP contribution in [-0.2, 0) is 6.42 Å². The molecule has 0 amide bonds. The number of ether oxygens (including phenoxy) is 1. The molecule has 0 saturated carbocycles. The van der Waals surface area contributed by atoms with Crippen LogP contribution in [0.1, 0.15) is 5.56 Å². The van der Waals surface area contributed by atoms with Gasteiger partial charge in [-0.05, 0) is 58.8 Å². The van der Waals surface area contributed by atoms with Crippen molar-refractivity contribution in [3.8, 4) is 17.2 Å². The number of hydrogen-bond donors (Lipinski definition) is 1. The van der Waals surface area contributed by atoms with Crippen molar-refractivity contribution in [2.75, 3.05) is 12.9 Å². The number of tetrazole rings is 1. The van der Waals surface area contributed by atoms with Crippen molar-refractivity contribution >= 4 is 11.8 Å². The molecule has 3 rings (SSSR count). The van der Waals surface area contributed by atoms with Gasteiger partial charge < -0.3 is 9.84 Å². The van der Waals surface area contributed by atoms with E-state index in [-0.39, 0.29) is 5.75 Å². The molecule has 0 saturated heterocycles. The Morgan fingerprint density at radius 2 is 1.83 bits per heavy atom. The van der Waals surface area contributed by atoms with Crippen molar-refractivity contribution in [1.29, 1.82) is 0 Å². The molecule has 0 unspecified atom stereocenters. The lowest BCUT2D eigenvalue weighted by molar-refractivity contribution is 0.414. The van der Waals surface area contributed by atoms with Crippen LogP contribution in [0.4, 0.5) is 0 Å². The predicted molar refractivity (Wildman–Crippen MR) is 88.2 cm³/mol. The van der Waals surface area contributed by atoms with Crippen LogP contribution in [0.2, 0.25) is 0 Å². The number of benzene rings is 2. The van der Waals surface area contributed by atoms with E-state index in [1.165, 1.54) is 5.56 Å².